The summed E-state index contributed by atoms with van der Waals surface area (Å²) in [6, 6.07) is -0.622. The smallest absolute Gasteiger partial charge is 0.323 e. The third kappa shape index (κ3) is 4.29. The lowest BCUT2D eigenvalue weighted by Gasteiger charge is -2.35. The average Bonchev–Trinajstić information content (AvgIpc) is 2.09. The van der Waals surface area contributed by atoms with E-state index >= 15 is 0 Å². The third-order valence-electron chi connectivity index (χ3n) is 2.13. The summed E-state index contributed by atoms with van der Waals surface area (Å²) >= 11 is 0. The van der Waals surface area contributed by atoms with Crippen LogP contribution >= 0.6 is 0 Å². The molecule has 0 unspecified atom stereocenters. The van der Waals surface area contributed by atoms with E-state index < -0.39 is 17.6 Å². The number of aliphatic carboxylic acids is 1. The Bertz CT molecular complexity index is 246. The lowest BCUT2D eigenvalue weighted by molar-refractivity contribution is -0.149. The summed E-state index contributed by atoms with van der Waals surface area (Å²) in [5.41, 5.74) is 5.08. The van der Waals surface area contributed by atoms with Gasteiger partial charge in [-0.05, 0) is 27.2 Å². The fourth-order valence-electron chi connectivity index (χ4n) is 1.16. The number of hydrogen-bond acceptors (Lipinski definition) is 3. The molecule has 5 nitrogen and oxygen atoms in total. The van der Waals surface area contributed by atoms with Crippen molar-refractivity contribution in [2.75, 3.05) is 6.54 Å². The van der Waals surface area contributed by atoms with Gasteiger partial charge in [0.15, 0.2) is 0 Å². The molecule has 0 aliphatic carbocycles. The van der Waals surface area contributed by atoms with Crippen molar-refractivity contribution in [3.05, 3.63) is 0 Å². The molecule has 0 aromatic heterocycles. The zero-order valence-corrected chi connectivity index (χ0v) is 9.78. The molecule has 0 heterocycles. The van der Waals surface area contributed by atoms with Gasteiger partial charge in [-0.2, -0.15) is 0 Å². The molecule has 0 aliphatic rings. The Morgan fingerprint density at radius 2 is 1.87 bits per heavy atom. The maximum atomic E-state index is 11.8. The van der Waals surface area contributed by atoms with Crippen LogP contribution in [0.4, 0.5) is 0 Å². The number of carbonyl (C=O) groups is 2. The number of amides is 1. The first kappa shape index (κ1) is 13.9. The highest BCUT2D eigenvalue weighted by molar-refractivity contribution is 5.85. The van der Waals surface area contributed by atoms with Crippen LogP contribution in [-0.4, -0.2) is 40.0 Å². The van der Waals surface area contributed by atoms with Gasteiger partial charge in [-0.3, -0.25) is 9.59 Å². The SMILES string of the molecule is CC[C@H](N)C(=O)N(CC(=O)O)C(C)(C)C. The number of carboxylic acids is 1. The second-order valence-electron chi connectivity index (χ2n) is 4.50. The van der Waals surface area contributed by atoms with Crippen molar-refractivity contribution < 1.29 is 14.7 Å². The standard InChI is InChI=1S/C10H20N2O3/c1-5-7(11)9(15)12(6-8(13)14)10(2,3)4/h7H,5-6,11H2,1-4H3,(H,13,14)/t7-/m0/s1. The summed E-state index contributed by atoms with van der Waals surface area (Å²) < 4.78 is 0. The maximum Gasteiger partial charge on any atom is 0.323 e. The summed E-state index contributed by atoms with van der Waals surface area (Å²) in [5, 5.41) is 8.72. The predicted molar refractivity (Wildman–Crippen MR) is 57.4 cm³/mol. The van der Waals surface area contributed by atoms with Gasteiger partial charge in [0.25, 0.3) is 0 Å². The van der Waals surface area contributed by atoms with Crippen LogP contribution in [0.2, 0.25) is 0 Å². The second kappa shape index (κ2) is 5.11. The average molecular weight is 216 g/mol. The Labute approximate surface area is 90.2 Å². The molecule has 0 rings (SSSR count). The van der Waals surface area contributed by atoms with Crippen molar-refractivity contribution in [1.29, 1.82) is 0 Å². The highest BCUT2D eigenvalue weighted by Gasteiger charge is 2.30. The topological polar surface area (TPSA) is 83.6 Å². The second-order valence-corrected chi connectivity index (χ2v) is 4.50. The van der Waals surface area contributed by atoms with Crippen LogP contribution in [-0.2, 0) is 9.59 Å². The Hall–Kier alpha value is -1.10. The molecular weight excluding hydrogens is 196 g/mol. The van der Waals surface area contributed by atoms with Gasteiger partial charge in [-0.25, -0.2) is 0 Å². The van der Waals surface area contributed by atoms with Gasteiger partial charge in [-0.1, -0.05) is 6.92 Å². The van der Waals surface area contributed by atoms with E-state index in [4.69, 9.17) is 10.8 Å². The number of carbonyl (C=O) groups excluding carboxylic acids is 1. The zero-order valence-electron chi connectivity index (χ0n) is 9.78. The minimum absolute atomic E-state index is 0.309. The quantitative estimate of drug-likeness (QED) is 0.714. The fourth-order valence-corrected chi connectivity index (χ4v) is 1.16. The summed E-state index contributed by atoms with van der Waals surface area (Å²) in [5.74, 6) is -1.34. The Balaban J connectivity index is 4.79. The van der Waals surface area contributed by atoms with E-state index in [1.807, 2.05) is 0 Å². The molecule has 1 atom stereocenters. The van der Waals surface area contributed by atoms with Crippen molar-refractivity contribution in [3.8, 4) is 0 Å². The molecule has 0 saturated carbocycles. The molecule has 0 saturated heterocycles. The summed E-state index contributed by atoms with van der Waals surface area (Å²) in [4.78, 5) is 23.7. The van der Waals surface area contributed by atoms with Crippen molar-refractivity contribution in [3.63, 3.8) is 0 Å². The number of hydrogen-bond donors (Lipinski definition) is 2. The third-order valence-corrected chi connectivity index (χ3v) is 2.13. The number of nitrogens with two attached hydrogens (primary N) is 1. The van der Waals surface area contributed by atoms with Gasteiger partial charge in [0.05, 0.1) is 6.04 Å². The molecule has 0 aliphatic heterocycles. The Morgan fingerprint density at radius 3 is 2.13 bits per heavy atom. The van der Waals surface area contributed by atoms with E-state index in [1.165, 1.54) is 4.90 Å². The molecule has 5 heteroatoms. The van der Waals surface area contributed by atoms with E-state index in [1.54, 1.807) is 27.7 Å². The molecule has 1 amide bonds. The fraction of sp³-hybridized carbons (Fsp3) is 0.800. The number of nitrogens with zero attached hydrogens (tertiary/aromatic N) is 1. The molecule has 0 radical (unpaired) electrons. The van der Waals surface area contributed by atoms with Gasteiger partial charge < -0.3 is 15.7 Å². The van der Waals surface area contributed by atoms with E-state index in [2.05, 4.69) is 0 Å². The van der Waals surface area contributed by atoms with Gasteiger partial charge in [0.1, 0.15) is 6.54 Å². The Morgan fingerprint density at radius 1 is 1.40 bits per heavy atom. The summed E-state index contributed by atoms with van der Waals surface area (Å²) in [7, 11) is 0. The van der Waals surface area contributed by atoms with E-state index in [9.17, 15) is 9.59 Å². The van der Waals surface area contributed by atoms with E-state index in [0.717, 1.165) is 0 Å². The summed E-state index contributed by atoms with van der Waals surface area (Å²) in [6.07, 6.45) is 0.505. The first-order chi connectivity index (χ1) is 6.70. The van der Waals surface area contributed by atoms with Crippen LogP contribution in [0.5, 0.6) is 0 Å². The van der Waals surface area contributed by atoms with Crippen LogP contribution in [0, 0.1) is 0 Å². The Kier molecular flexibility index (Phi) is 4.74. The first-order valence-electron chi connectivity index (χ1n) is 4.99. The van der Waals surface area contributed by atoms with Crippen molar-refractivity contribution in [2.24, 2.45) is 5.73 Å². The summed E-state index contributed by atoms with van der Waals surface area (Å²) in [6.45, 7) is 6.85. The van der Waals surface area contributed by atoms with Crippen LogP contribution in [0.25, 0.3) is 0 Å². The lowest BCUT2D eigenvalue weighted by atomic mass is 10.0. The molecule has 88 valence electrons. The van der Waals surface area contributed by atoms with Crippen molar-refractivity contribution in [1.82, 2.24) is 4.90 Å². The molecule has 0 aromatic rings. The molecule has 0 spiro atoms. The van der Waals surface area contributed by atoms with Gasteiger partial charge in [0, 0.05) is 5.54 Å². The molecule has 0 fully saturated rings. The van der Waals surface area contributed by atoms with Crippen LogP contribution in [0.3, 0.4) is 0 Å². The predicted octanol–water partition coefficient (Wildman–Crippen LogP) is 0.435. The minimum atomic E-state index is -1.03. The van der Waals surface area contributed by atoms with Crippen molar-refractivity contribution >= 4 is 11.9 Å². The number of carboxylic acid groups (broad SMARTS) is 1. The van der Waals surface area contributed by atoms with E-state index in [-0.39, 0.29) is 12.5 Å². The van der Waals surface area contributed by atoms with Gasteiger partial charge in [0.2, 0.25) is 5.91 Å². The maximum absolute atomic E-state index is 11.8. The largest absolute Gasteiger partial charge is 0.480 e. The molecule has 15 heavy (non-hydrogen) atoms. The van der Waals surface area contributed by atoms with Crippen molar-refractivity contribution in [2.45, 2.75) is 45.7 Å². The van der Waals surface area contributed by atoms with Crippen LogP contribution in [0.1, 0.15) is 34.1 Å². The molecular formula is C10H20N2O3. The zero-order chi connectivity index (χ0) is 12.2. The molecule has 0 bridgehead atoms. The van der Waals surface area contributed by atoms with E-state index in [0.29, 0.717) is 6.42 Å². The first-order valence-corrected chi connectivity index (χ1v) is 4.99. The highest BCUT2D eigenvalue weighted by Crippen LogP contribution is 2.14. The highest BCUT2D eigenvalue weighted by atomic mass is 16.4. The van der Waals surface area contributed by atoms with Gasteiger partial charge in [-0.15, -0.1) is 0 Å². The van der Waals surface area contributed by atoms with Crippen LogP contribution < -0.4 is 5.73 Å². The van der Waals surface area contributed by atoms with Gasteiger partial charge >= 0.3 is 5.97 Å². The molecule has 3 N–H and O–H groups in total. The lowest BCUT2D eigenvalue weighted by Crippen LogP contribution is -2.53. The van der Waals surface area contributed by atoms with Crippen LogP contribution in [0.15, 0.2) is 0 Å². The molecule has 0 aromatic carbocycles. The normalized spacial score (nSPS) is 13.4. The minimum Gasteiger partial charge on any atom is -0.480 e. The monoisotopic (exact) mass is 216 g/mol. The number of rotatable bonds is 4.